The third kappa shape index (κ3) is 3.19. The van der Waals surface area contributed by atoms with Gasteiger partial charge in [0.25, 0.3) is 0 Å². The van der Waals surface area contributed by atoms with Crippen molar-refractivity contribution < 1.29 is 19.1 Å². The molecule has 3 aliphatic heterocycles. The lowest BCUT2D eigenvalue weighted by Crippen LogP contribution is -2.45. The van der Waals surface area contributed by atoms with Crippen molar-refractivity contribution in [3.05, 3.63) is 42.2 Å². The van der Waals surface area contributed by atoms with E-state index in [0.29, 0.717) is 31.9 Å². The van der Waals surface area contributed by atoms with Gasteiger partial charge in [0.2, 0.25) is 11.8 Å². The second-order valence-corrected chi connectivity index (χ2v) is 8.49. The summed E-state index contributed by atoms with van der Waals surface area (Å²) in [6, 6.07) is 7.60. The number of ether oxygens (including phenoxy) is 2. The predicted octanol–water partition coefficient (Wildman–Crippen LogP) is 0.462. The number of rotatable bonds is 7. The van der Waals surface area contributed by atoms with Gasteiger partial charge >= 0.3 is 0 Å². The molecule has 0 aliphatic carbocycles. The number of nitrogens with two attached hydrogens (primary N) is 1. The van der Waals surface area contributed by atoms with Crippen LogP contribution in [-0.4, -0.2) is 64.9 Å². The molecule has 1 aromatic heterocycles. The number of amides is 2. The standard InChI is InChI=1S/C22H27N5O4/c1-30-16-5-3-2-4-15(16)27-12-14(11-25-27)10-24-20(28)18-17-6-7-22(31-17)13-26(9-8-23)21(29)19(18)22/h2-5,11-12,17-19H,6-10,13,23H2,1H3,(H,24,28)/t17-,18-,19+,22-/m0/s1. The average molecular weight is 425 g/mol. The van der Waals surface area contributed by atoms with E-state index in [-0.39, 0.29) is 17.9 Å². The SMILES string of the molecule is COc1ccccc1-n1cc(CNC(=O)[C@H]2[C@@H]3CC[C@@]4(CN(CCN)C(=O)[C@@H]24)O3)cn1. The Morgan fingerprint density at radius 2 is 2.26 bits per heavy atom. The van der Waals surface area contributed by atoms with E-state index < -0.39 is 17.4 Å². The first kappa shape index (κ1) is 20.0. The molecule has 3 N–H and O–H groups in total. The molecule has 4 atom stereocenters. The van der Waals surface area contributed by atoms with Crippen molar-refractivity contribution in [2.75, 3.05) is 26.7 Å². The van der Waals surface area contributed by atoms with Crippen LogP contribution in [0.1, 0.15) is 18.4 Å². The number of methoxy groups -OCH3 is 1. The van der Waals surface area contributed by atoms with Crippen LogP contribution in [0.25, 0.3) is 5.69 Å². The number of nitrogens with zero attached hydrogens (tertiary/aromatic N) is 3. The first-order valence-electron chi connectivity index (χ1n) is 10.7. The van der Waals surface area contributed by atoms with Gasteiger partial charge in [-0.25, -0.2) is 4.68 Å². The van der Waals surface area contributed by atoms with E-state index in [1.807, 2.05) is 30.5 Å². The second-order valence-electron chi connectivity index (χ2n) is 8.49. The summed E-state index contributed by atoms with van der Waals surface area (Å²) in [5, 5.41) is 7.39. The summed E-state index contributed by atoms with van der Waals surface area (Å²) in [5.41, 5.74) is 6.82. The Morgan fingerprint density at radius 1 is 1.42 bits per heavy atom. The molecule has 3 fully saturated rings. The maximum atomic E-state index is 13.1. The third-order valence-electron chi connectivity index (χ3n) is 6.74. The maximum absolute atomic E-state index is 13.1. The first-order chi connectivity index (χ1) is 15.1. The highest BCUT2D eigenvalue weighted by Gasteiger charge is 2.68. The number of para-hydroxylation sites is 2. The number of fused-ring (bicyclic) bond motifs is 1. The summed E-state index contributed by atoms with van der Waals surface area (Å²) in [6.07, 6.45) is 5.02. The zero-order valence-electron chi connectivity index (χ0n) is 17.5. The minimum Gasteiger partial charge on any atom is -0.494 e. The van der Waals surface area contributed by atoms with Crippen LogP contribution in [-0.2, 0) is 20.9 Å². The number of carbonyl (C=O) groups is 2. The van der Waals surface area contributed by atoms with E-state index in [1.54, 1.807) is 22.9 Å². The van der Waals surface area contributed by atoms with Crippen LogP contribution in [0.15, 0.2) is 36.7 Å². The van der Waals surface area contributed by atoms with Gasteiger partial charge in [0, 0.05) is 31.4 Å². The number of hydrogen-bond acceptors (Lipinski definition) is 6. The van der Waals surface area contributed by atoms with Crippen LogP contribution in [0.3, 0.4) is 0 Å². The van der Waals surface area contributed by atoms with E-state index in [2.05, 4.69) is 10.4 Å². The van der Waals surface area contributed by atoms with Crippen molar-refractivity contribution in [2.45, 2.75) is 31.1 Å². The third-order valence-corrected chi connectivity index (χ3v) is 6.74. The summed E-state index contributed by atoms with van der Waals surface area (Å²) in [5.74, 6) is -0.281. The molecule has 3 aliphatic rings. The zero-order chi connectivity index (χ0) is 21.6. The molecule has 5 rings (SSSR count). The molecule has 9 nitrogen and oxygen atoms in total. The molecule has 2 amide bonds. The average Bonchev–Trinajstić information content (AvgIpc) is 3.54. The van der Waals surface area contributed by atoms with Gasteiger partial charge in [0.15, 0.2) is 0 Å². The molecule has 164 valence electrons. The molecule has 2 bridgehead atoms. The summed E-state index contributed by atoms with van der Waals surface area (Å²) in [4.78, 5) is 27.8. The largest absolute Gasteiger partial charge is 0.494 e. The van der Waals surface area contributed by atoms with Crippen molar-refractivity contribution in [3.8, 4) is 11.4 Å². The molecular weight excluding hydrogens is 398 g/mol. The van der Waals surface area contributed by atoms with E-state index in [4.69, 9.17) is 15.2 Å². The van der Waals surface area contributed by atoms with Crippen LogP contribution < -0.4 is 15.8 Å². The van der Waals surface area contributed by atoms with Gasteiger partial charge in [-0.1, -0.05) is 12.1 Å². The topological polar surface area (TPSA) is 112 Å². The molecule has 0 radical (unpaired) electrons. The van der Waals surface area contributed by atoms with Crippen LogP contribution in [0.5, 0.6) is 5.75 Å². The van der Waals surface area contributed by atoms with E-state index >= 15 is 0 Å². The highest BCUT2D eigenvalue weighted by molar-refractivity contribution is 5.92. The Hall–Kier alpha value is -2.91. The quantitative estimate of drug-likeness (QED) is 0.667. The molecule has 2 aromatic rings. The van der Waals surface area contributed by atoms with Crippen LogP contribution in [0.4, 0.5) is 0 Å². The fourth-order valence-electron chi connectivity index (χ4n) is 5.39. The van der Waals surface area contributed by atoms with Crippen LogP contribution in [0, 0.1) is 11.8 Å². The van der Waals surface area contributed by atoms with Gasteiger partial charge in [-0.2, -0.15) is 5.10 Å². The first-order valence-corrected chi connectivity index (χ1v) is 10.7. The van der Waals surface area contributed by atoms with Gasteiger partial charge in [0.1, 0.15) is 11.4 Å². The number of benzene rings is 1. The predicted molar refractivity (Wildman–Crippen MR) is 111 cm³/mol. The number of aromatic nitrogens is 2. The Kier molecular flexibility index (Phi) is 4.94. The van der Waals surface area contributed by atoms with Gasteiger partial charge < -0.3 is 25.4 Å². The Labute approximate surface area is 180 Å². The Balaban J connectivity index is 1.28. The normalized spacial score (nSPS) is 28.8. The highest BCUT2D eigenvalue weighted by atomic mass is 16.5. The molecule has 31 heavy (non-hydrogen) atoms. The molecule has 3 saturated heterocycles. The highest BCUT2D eigenvalue weighted by Crippen LogP contribution is 2.55. The molecule has 1 aromatic carbocycles. The summed E-state index contributed by atoms with van der Waals surface area (Å²) in [6.45, 7) is 1.78. The fraction of sp³-hybridized carbons (Fsp3) is 0.500. The van der Waals surface area contributed by atoms with Gasteiger partial charge in [-0.3, -0.25) is 9.59 Å². The van der Waals surface area contributed by atoms with E-state index in [9.17, 15) is 9.59 Å². The smallest absolute Gasteiger partial charge is 0.229 e. The van der Waals surface area contributed by atoms with Crippen molar-refractivity contribution in [3.63, 3.8) is 0 Å². The molecule has 0 unspecified atom stereocenters. The van der Waals surface area contributed by atoms with Gasteiger partial charge in [0.05, 0.1) is 43.4 Å². The van der Waals surface area contributed by atoms with Crippen LogP contribution in [0.2, 0.25) is 0 Å². The summed E-state index contributed by atoms with van der Waals surface area (Å²) in [7, 11) is 1.62. The van der Waals surface area contributed by atoms with Gasteiger partial charge in [-0.05, 0) is 25.0 Å². The van der Waals surface area contributed by atoms with Gasteiger partial charge in [-0.15, -0.1) is 0 Å². The molecule has 4 heterocycles. The van der Waals surface area contributed by atoms with Crippen molar-refractivity contribution in [1.82, 2.24) is 20.0 Å². The number of likely N-dealkylation sites (tertiary alicyclic amines) is 1. The number of hydrogen-bond donors (Lipinski definition) is 2. The van der Waals surface area contributed by atoms with Crippen molar-refractivity contribution in [2.24, 2.45) is 17.6 Å². The lowest BCUT2D eigenvalue weighted by molar-refractivity contribution is -0.138. The lowest BCUT2D eigenvalue weighted by atomic mass is 9.73. The number of nitrogens with one attached hydrogen (secondary N) is 1. The van der Waals surface area contributed by atoms with Crippen molar-refractivity contribution in [1.29, 1.82) is 0 Å². The molecule has 0 saturated carbocycles. The summed E-state index contributed by atoms with van der Waals surface area (Å²) < 4.78 is 13.3. The zero-order valence-corrected chi connectivity index (χ0v) is 17.5. The fourth-order valence-corrected chi connectivity index (χ4v) is 5.39. The van der Waals surface area contributed by atoms with E-state index in [0.717, 1.165) is 24.1 Å². The minimum absolute atomic E-state index is 0.00297. The van der Waals surface area contributed by atoms with E-state index in [1.165, 1.54) is 0 Å². The summed E-state index contributed by atoms with van der Waals surface area (Å²) >= 11 is 0. The van der Waals surface area contributed by atoms with Crippen molar-refractivity contribution >= 4 is 11.8 Å². The maximum Gasteiger partial charge on any atom is 0.229 e. The minimum atomic E-state index is -0.520. The second kappa shape index (κ2) is 7.65. The number of carbonyl (C=O) groups excluding carboxylic acids is 2. The Morgan fingerprint density at radius 3 is 3.06 bits per heavy atom. The molecule has 9 heteroatoms. The monoisotopic (exact) mass is 425 g/mol. The van der Waals surface area contributed by atoms with Crippen LogP contribution >= 0.6 is 0 Å². The molecule has 1 spiro atoms. The molecular formula is C22H27N5O4. The lowest BCUT2D eigenvalue weighted by Gasteiger charge is -2.26. The Bertz CT molecular complexity index is 1010.